The Morgan fingerprint density at radius 2 is 1.50 bits per heavy atom. The molecule has 4 aromatic carbocycles. The minimum absolute atomic E-state index is 0.0876. The highest BCUT2D eigenvalue weighted by molar-refractivity contribution is 6.30. The van der Waals surface area contributed by atoms with Crippen LogP contribution in [0.4, 0.5) is 37.2 Å². The molecular weight excluding hydrogens is 782 g/mol. The van der Waals surface area contributed by atoms with Crippen molar-refractivity contribution in [3.63, 3.8) is 0 Å². The number of halogens is 3. The summed E-state index contributed by atoms with van der Waals surface area (Å²) < 4.78 is 29.3. The molecule has 2 aliphatic carbocycles. The lowest BCUT2D eigenvalue weighted by atomic mass is 9.49. The summed E-state index contributed by atoms with van der Waals surface area (Å²) >= 11 is 6.30. The van der Waals surface area contributed by atoms with E-state index in [0.717, 1.165) is 41.4 Å². The first-order valence-electron chi connectivity index (χ1n) is 17.9. The molecule has 296 valence electrons. The molecule has 4 amide bonds. The topological polar surface area (TPSA) is 197 Å². The Hall–Kier alpha value is -6.75. The summed E-state index contributed by atoms with van der Waals surface area (Å²) in [4.78, 5) is 83.5. The molecule has 2 N–H and O–H groups in total. The van der Waals surface area contributed by atoms with Gasteiger partial charge in [-0.25, -0.2) is 13.7 Å². The van der Waals surface area contributed by atoms with E-state index in [1.807, 2.05) is 0 Å². The molecule has 2 aliphatic heterocycles. The largest absolute Gasteiger partial charge is 0.505 e. The predicted octanol–water partition coefficient (Wildman–Crippen LogP) is 6.40. The number of benzene rings is 4. The highest BCUT2D eigenvalue weighted by atomic mass is 35.5. The second-order valence-corrected chi connectivity index (χ2v) is 15.3. The number of fused-ring (bicyclic) bond motifs is 4. The highest BCUT2D eigenvalue weighted by Crippen LogP contribution is 2.64. The molecule has 4 aliphatic rings. The number of nitrogens with zero attached hydrogens (tertiary/aromatic N) is 5. The quantitative estimate of drug-likeness (QED) is 0.0865. The van der Waals surface area contributed by atoms with E-state index in [9.17, 15) is 44.1 Å². The number of allylic oxidation sites excluding steroid dienone is 2. The molecule has 18 heteroatoms. The molecule has 1 saturated carbocycles. The second kappa shape index (κ2) is 13.7. The lowest BCUT2D eigenvalue weighted by Crippen LogP contribution is -2.53. The molecule has 15 nitrogen and oxygen atoms in total. The SMILES string of the molecule is CN(C)c1c([N+](=O)[O-])cc(N2C(=O)C3CC=C4C(CC5C(=O)N(Nc6ccc(F)cc6)C(=O)C5(c5ccc(Cl)cc5)C4c4ccc(O)c(F)c4)C3C2=O)cc1[N+](=O)[O-]. The zero-order valence-corrected chi connectivity index (χ0v) is 31.2. The van der Waals surface area contributed by atoms with Crippen molar-refractivity contribution < 1.29 is 42.9 Å². The van der Waals surface area contributed by atoms with E-state index in [1.165, 1.54) is 49.3 Å². The molecule has 0 radical (unpaired) electrons. The Morgan fingerprint density at radius 1 is 0.862 bits per heavy atom. The number of carbonyl (C=O) groups excluding carboxylic acids is 4. The summed E-state index contributed by atoms with van der Waals surface area (Å²) in [7, 11) is 2.75. The van der Waals surface area contributed by atoms with Gasteiger partial charge in [-0.3, -0.25) is 44.8 Å². The molecule has 3 fully saturated rings. The number of nitro groups is 2. The van der Waals surface area contributed by atoms with Gasteiger partial charge in [-0.2, -0.15) is 5.01 Å². The molecule has 2 heterocycles. The first-order chi connectivity index (χ1) is 27.6. The van der Waals surface area contributed by atoms with E-state index >= 15 is 9.18 Å². The van der Waals surface area contributed by atoms with Crippen LogP contribution in [0.1, 0.15) is 29.9 Å². The Bertz CT molecular complexity index is 2480. The van der Waals surface area contributed by atoms with Crippen LogP contribution in [-0.4, -0.2) is 57.7 Å². The van der Waals surface area contributed by atoms with Crippen molar-refractivity contribution in [2.24, 2.45) is 23.7 Å². The van der Waals surface area contributed by atoms with Crippen LogP contribution in [0, 0.1) is 55.5 Å². The average Bonchev–Trinajstić information content (AvgIpc) is 3.57. The summed E-state index contributed by atoms with van der Waals surface area (Å²) in [6.07, 6.45) is 1.40. The molecule has 58 heavy (non-hydrogen) atoms. The Balaban J connectivity index is 1.31. The van der Waals surface area contributed by atoms with E-state index in [0.29, 0.717) is 21.1 Å². The molecule has 6 unspecified atom stereocenters. The number of nitrogens with one attached hydrogen (secondary N) is 1. The summed E-state index contributed by atoms with van der Waals surface area (Å²) in [6.45, 7) is 0. The van der Waals surface area contributed by atoms with Gasteiger partial charge in [0.05, 0.1) is 44.4 Å². The first kappa shape index (κ1) is 38.1. The van der Waals surface area contributed by atoms with E-state index in [1.54, 1.807) is 18.2 Å². The monoisotopic (exact) mass is 812 g/mol. The third-order valence-electron chi connectivity index (χ3n) is 11.7. The van der Waals surface area contributed by atoms with Crippen LogP contribution in [-0.2, 0) is 24.6 Å². The number of nitro benzene ring substituents is 2. The van der Waals surface area contributed by atoms with Gasteiger partial charge >= 0.3 is 11.4 Å². The number of anilines is 3. The van der Waals surface area contributed by atoms with Crippen LogP contribution in [0.25, 0.3) is 0 Å². The van der Waals surface area contributed by atoms with Gasteiger partial charge < -0.3 is 10.0 Å². The van der Waals surface area contributed by atoms with Gasteiger partial charge in [0.2, 0.25) is 11.8 Å². The molecule has 0 spiro atoms. The summed E-state index contributed by atoms with van der Waals surface area (Å²) in [5, 5.41) is 35.7. The van der Waals surface area contributed by atoms with Crippen LogP contribution < -0.4 is 15.2 Å². The van der Waals surface area contributed by atoms with Crippen LogP contribution in [0.5, 0.6) is 5.75 Å². The smallest absolute Gasteiger partial charge is 0.301 e. The fourth-order valence-electron chi connectivity index (χ4n) is 9.44. The van der Waals surface area contributed by atoms with Crippen LogP contribution in [0.3, 0.4) is 0 Å². The molecular formula is C40H31ClF2N6O9. The van der Waals surface area contributed by atoms with Crippen LogP contribution >= 0.6 is 11.6 Å². The number of hydrazine groups is 1. The normalized spacial score (nSPS) is 24.9. The van der Waals surface area contributed by atoms with Gasteiger partial charge in [-0.1, -0.05) is 41.4 Å². The highest BCUT2D eigenvalue weighted by Gasteiger charge is 2.70. The number of phenolic OH excluding ortho intramolecular Hbond substituents is 1. The van der Waals surface area contributed by atoms with Crippen molar-refractivity contribution in [2.75, 3.05) is 29.3 Å². The molecule has 6 atom stereocenters. The number of amides is 4. The van der Waals surface area contributed by atoms with Crippen molar-refractivity contribution in [3.8, 4) is 5.75 Å². The summed E-state index contributed by atoms with van der Waals surface area (Å²) in [6, 6.07) is 16.5. The van der Waals surface area contributed by atoms with E-state index < -0.39 is 97.2 Å². The number of hydrogen-bond donors (Lipinski definition) is 2. The van der Waals surface area contributed by atoms with Crippen molar-refractivity contribution in [1.82, 2.24) is 5.01 Å². The van der Waals surface area contributed by atoms with Gasteiger partial charge in [0, 0.05) is 37.2 Å². The van der Waals surface area contributed by atoms with Gasteiger partial charge in [0.25, 0.3) is 11.8 Å². The number of rotatable bonds is 8. The van der Waals surface area contributed by atoms with E-state index in [2.05, 4.69) is 5.43 Å². The van der Waals surface area contributed by atoms with Crippen molar-refractivity contribution >= 4 is 63.7 Å². The lowest BCUT2D eigenvalue weighted by molar-refractivity contribution is -0.392. The predicted molar refractivity (Wildman–Crippen MR) is 204 cm³/mol. The maximum absolute atomic E-state index is 15.4. The van der Waals surface area contributed by atoms with Crippen LogP contribution in [0.2, 0.25) is 5.02 Å². The number of hydrogen-bond acceptors (Lipinski definition) is 11. The lowest BCUT2D eigenvalue weighted by Gasteiger charge is -2.50. The van der Waals surface area contributed by atoms with Crippen molar-refractivity contribution in [3.05, 3.63) is 139 Å². The molecule has 4 aromatic rings. The third-order valence-corrected chi connectivity index (χ3v) is 12.0. The Kier molecular flexibility index (Phi) is 9.02. The summed E-state index contributed by atoms with van der Waals surface area (Å²) in [5.41, 5.74) is -0.111. The van der Waals surface area contributed by atoms with Crippen molar-refractivity contribution in [2.45, 2.75) is 24.2 Å². The average molecular weight is 813 g/mol. The van der Waals surface area contributed by atoms with Gasteiger partial charge in [0.15, 0.2) is 17.3 Å². The molecule has 0 aromatic heterocycles. The maximum Gasteiger partial charge on any atom is 0.301 e. The molecule has 0 bridgehead atoms. The van der Waals surface area contributed by atoms with Gasteiger partial charge in [-0.15, -0.1) is 0 Å². The van der Waals surface area contributed by atoms with E-state index in [-0.39, 0.29) is 35.5 Å². The van der Waals surface area contributed by atoms with E-state index in [4.69, 9.17) is 11.6 Å². The number of carbonyl (C=O) groups is 4. The van der Waals surface area contributed by atoms with Crippen molar-refractivity contribution in [1.29, 1.82) is 0 Å². The Labute approximate surface area is 332 Å². The molecule has 8 rings (SSSR count). The van der Waals surface area contributed by atoms with Crippen LogP contribution in [0.15, 0.2) is 90.5 Å². The zero-order valence-electron chi connectivity index (χ0n) is 30.5. The zero-order chi connectivity index (χ0) is 41.5. The fourth-order valence-corrected chi connectivity index (χ4v) is 9.57. The standard InChI is InChI=1S/C40H31ClF2N6O9/c1-45(2)35-30(48(55)56)16-24(17-31(35)49(57)58)46-36(51)26-13-12-25-27(33(26)38(46)53)18-28-37(52)47(44-23-10-8-22(42)9-11-23)39(54)40(28,20-4-6-21(41)7-5-20)34(25)19-3-14-32(50)29(43)15-19/h3-12,14-17,26-28,33-34,44,50H,13,18H2,1-2H3. The second-order valence-electron chi connectivity index (χ2n) is 14.8. The number of aromatic hydroxyl groups is 1. The van der Waals surface area contributed by atoms with Gasteiger partial charge in [-0.05, 0) is 78.4 Å². The first-order valence-corrected chi connectivity index (χ1v) is 18.3. The summed E-state index contributed by atoms with van der Waals surface area (Å²) in [5.74, 6) is -11.1. The minimum Gasteiger partial charge on any atom is -0.505 e. The Morgan fingerprint density at radius 3 is 2.09 bits per heavy atom. The third kappa shape index (κ3) is 5.59. The number of imide groups is 2. The fraction of sp³-hybridized carbons (Fsp3) is 0.250. The minimum atomic E-state index is -1.83. The maximum atomic E-state index is 15.4. The molecule has 2 saturated heterocycles. The number of phenols is 1. The van der Waals surface area contributed by atoms with Gasteiger partial charge in [0.1, 0.15) is 5.82 Å².